The van der Waals surface area contributed by atoms with Crippen molar-refractivity contribution in [3.8, 4) is 0 Å². The summed E-state index contributed by atoms with van der Waals surface area (Å²) in [6.07, 6.45) is 2.55. The molecule has 0 atom stereocenters. The predicted molar refractivity (Wildman–Crippen MR) is 66.7 cm³/mol. The van der Waals surface area contributed by atoms with Crippen LogP contribution < -0.4 is 10.6 Å². The highest BCUT2D eigenvalue weighted by atomic mass is 16.3. The lowest BCUT2D eigenvalue weighted by Crippen LogP contribution is -2.47. The van der Waals surface area contributed by atoms with Crippen molar-refractivity contribution >= 4 is 5.96 Å². The highest BCUT2D eigenvalue weighted by molar-refractivity contribution is 5.80. The van der Waals surface area contributed by atoms with Crippen molar-refractivity contribution in [2.24, 2.45) is 4.99 Å². The van der Waals surface area contributed by atoms with Gasteiger partial charge in [0.05, 0.1) is 6.26 Å². The van der Waals surface area contributed by atoms with Crippen LogP contribution in [0.1, 0.15) is 26.5 Å². The number of hydrogen-bond acceptors (Lipinski definition) is 2. The standard InChI is InChI=1S/C12H21N3O/c1-12(2,3)15-11(13-4)14-8-7-10-6-5-9-16-10/h5-6,9H,7-8H2,1-4H3,(H2,13,14,15). The van der Waals surface area contributed by atoms with Gasteiger partial charge in [-0.15, -0.1) is 0 Å². The van der Waals surface area contributed by atoms with E-state index in [1.807, 2.05) is 12.1 Å². The number of aliphatic imine (C=N–C) groups is 1. The number of nitrogens with zero attached hydrogens (tertiary/aromatic N) is 1. The molecule has 0 saturated heterocycles. The summed E-state index contributed by atoms with van der Waals surface area (Å²) in [5.74, 6) is 1.80. The van der Waals surface area contributed by atoms with E-state index in [1.165, 1.54) is 0 Å². The summed E-state index contributed by atoms with van der Waals surface area (Å²) in [6, 6.07) is 3.87. The van der Waals surface area contributed by atoms with E-state index in [0.717, 1.165) is 24.7 Å². The Balaban J connectivity index is 2.30. The second-order valence-electron chi connectivity index (χ2n) is 4.70. The number of guanidine groups is 1. The maximum absolute atomic E-state index is 5.25. The van der Waals surface area contributed by atoms with E-state index in [-0.39, 0.29) is 5.54 Å². The van der Waals surface area contributed by atoms with E-state index >= 15 is 0 Å². The first-order valence-corrected chi connectivity index (χ1v) is 5.52. The summed E-state index contributed by atoms with van der Waals surface area (Å²) < 4.78 is 5.25. The maximum Gasteiger partial charge on any atom is 0.191 e. The molecule has 16 heavy (non-hydrogen) atoms. The van der Waals surface area contributed by atoms with Crippen LogP contribution in [-0.2, 0) is 6.42 Å². The SMILES string of the molecule is CN=C(NCCc1ccco1)NC(C)(C)C. The van der Waals surface area contributed by atoms with Crippen molar-refractivity contribution in [1.82, 2.24) is 10.6 Å². The minimum atomic E-state index is 0.0204. The molecule has 0 aliphatic rings. The first-order chi connectivity index (χ1) is 7.51. The van der Waals surface area contributed by atoms with Gasteiger partial charge in [-0.05, 0) is 32.9 Å². The smallest absolute Gasteiger partial charge is 0.191 e. The molecule has 0 amide bonds. The second-order valence-corrected chi connectivity index (χ2v) is 4.70. The van der Waals surface area contributed by atoms with Crippen molar-refractivity contribution in [1.29, 1.82) is 0 Å². The molecule has 2 N–H and O–H groups in total. The number of rotatable bonds is 3. The zero-order valence-corrected chi connectivity index (χ0v) is 10.5. The van der Waals surface area contributed by atoms with Gasteiger partial charge in [-0.25, -0.2) is 0 Å². The quantitative estimate of drug-likeness (QED) is 0.606. The Morgan fingerprint density at radius 2 is 2.19 bits per heavy atom. The molecule has 4 heteroatoms. The highest BCUT2D eigenvalue weighted by Gasteiger charge is 2.11. The Kier molecular flexibility index (Phi) is 4.40. The van der Waals surface area contributed by atoms with Crippen LogP contribution in [0, 0.1) is 0 Å². The topological polar surface area (TPSA) is 49.6 Å². The van der Waals surface area contributed by atoms with E-state index in [2.05, 4.69) is 36.4 Å². The van der Waals surface area contributed by atoms with Gasteiger partial charge in [-0.1, -0.05) is 0 Å². The van der Waals surface area contributed by atoms with Crippen LogP contribution >= 0.6 is 0 Å². The van der Waals surface area contributed by atoms with E-state index in [1.54, 1.807) is 13.3 Å². The molecule has 0 aliphatic carbocycles. The molecule has 90 valence electrons. The third-order valence-corrected chi connectivity index (χ3v) is 1.96. The summed E-state index contributed by atoms with van der Waals surface area (Å²) in [4.78, 5) is 4.16. The molecule has 4 nitrogen and oxygen atoms in total. The molecule has 0 bridgehead atoms. The zero-order chi connectivity index (χ0) is 12.0. The van der Waals surface area contributed by atoms with Crippen molar-refractivity contribution in [3.63, 3.8) is 0 Å². The molecule has 1 rings (SSSR count). The first kappa shape index (κ1) is 12.6. The van der Waals surface area contributed by atoms with Gasteiger partial charge in [0.2, 0.25) is 0 Å². The van der Waals surface area contributed by atoms with Gasteiger partial charge in [0.15, 0.2) is 5.96 Å². The Labute approximate surface area is 97.1 Å². The summed E-state index contributed by atoms with van der Waals surface area (Å²) in [5, 5.41) is 6.54. The molecule has 1 aromatic rings. The van der Waals surface area contributed by atoms with Gasteiger partial charge in [0.25, 0.3) is 0 Å². The molecule has 0 saturated carbocycles. The fourth-order valence-electron chi connectivity index (χ4n) is 1.29. The van der Waals surface area contributed by atoms with E-state index in [9.17, 15) is 0 Å². The molecular formula is C12H21N3O. The second kappa shape index (κ2) is 5.58. The van der Waals surface area contributed by atoms with Gasteiger partial charge in [-0.3, -0.25) is 4.99 Å². The van der Waals surface area contributed by atoms with Crippen LogP contribution in [0.15, 0.2) is 27.8 Å². The van der Waals surface area contributed by atoms with Gasteiger partial charge >= 0.3 is 0 Å². The third-order valence-electron chi connectivity index (χ3n) is 1.96. The number of furan rings is 1. The van der Waals surface area contributed by atoms with Crippen molar-refractivity contribution in [2.45, 2.75) is 32.7 Å². The monoisotopic (exact) mass is 223 g/mol. The van der Waals surface area contributed by atoms with Crippen LogP contribution in [0.2, 0.25) is 0 Å². The molecule has 0 aromatic carbocycles. The fraction of sp³-hybridized carbons (Fsp3) is 0.583. The molecule has 0 unspecified atom stereocenters. The molecule has 0 aliphatic heterocycles. The third kappa shape index (κ3) is 4.87. The summed E-state index contributed by atoms with van der Waals surface area (Å²) in [6.45, 7) is 7.12. The molecule has 0 spiro atoms. The van der Waals surface area contributed by atoms with Gasteiger partial charge in [0, 0.05) is 25.6 Å². The van der Waals surface area contributed by atoms with E-state index in [4.69, 9.17) is 4.42 Å². The van der Waals surface area contributed by atoms with Crippen molar-refractivity contribution < 1.29 is 4.42 Å². The summed E-state index contributed by atoms with van der Waals surface area (Å²) in [7, 11) is 1.77. The van der Waals surface area contributed by atoms with Crippen molar-refractivity contribution in [2.75, 3.05) is 13.6 Å². The van der Waals surface area contributed by atoms with Crippen LogP contribution in [0.3, 0.4) is 0 Å². The Hall–Kier alpha value is -1.45. The average molecular weight is 223 g/mol. The van der Waals surface area contributed by atoms with Gasteiger partial charge in [-0.2, -0.15) is 0 Å². The first-order valence-electron chi connectivity index (χ1n) is 5.52. The molecular weight excluding hydrogens is 202 g/mol. The van der Waals surface area contributed by atoms with Crippen LogP contribution in [0.4, 0.5) is 0 Å². The lowest BCUT2D eigenvalue weighted by Gasteiger charge is -2.23. The Morgan fingerprint density at radius 1 is 1.44 bits per heavy atom. The van der Waals surface area contributed by atoms with Gasteiger partial charge in [0.1, 0.15) is 5.76 Å². The van der Waals surface area contributed by atoms with Gasteiger partial charge < -0.3 is 15.1 Å². The largest absolute Gasteiger partial charge is 0.469 e. The molecule has 0 fully saturated rings. The molecule has 1 aromatic heterocycles. The average Bonchev–Trinajstić information content (AvgIpc) is 2.67. The minimum Gasteiger partial charge on any atom is -0.469 e. The van der Waals surface area contributed by atoms with Crippen LogP contribution in [-0.4, -0.2) is 25.1 Å². The number of hydrogen-bond donors (Lipinski definition) is 2. The minimum absolute atomic E-state index is 0.0204. The van der Waals surface area contributed by atoms with Crippen LogP contribution in [0.25, 0.3) is 0 Å². The normalized spacial score (nSPS) is 12.6. The van der Waals surface area contributed by atoms with Crippen molar-refractivity contribution in [3.05, 3.63) is 24.2 Å². The van der Waals surface area contributed by atoms with E-state index < -0.39 is 0 Å². The predicted octanol–water partition coefficient (Wildman–Crippen LogP) is 1.79. The highest BCUT2D eigenvalue weighted by Crippen LogP contribution is 2.00. The Bertz CT molecular complexity index is 323. The lowest BCUT2D eigenvalue weighted by atomic mass is 10.1. The zero-order valence-electron chi connectivity index (χ0n) is 10.5. The summed E-state index contributed by atoms with van der Waals surface area (Å²) in [5.41, 5.74) is 0.0204. The molecule has 0 radical (unpaired) electrons. The molecule has 1 heterocycles. The number of nitrogens with one attached hydrogen (secondary N) is 2. The Morgan fingerprint density at radius 3 is 2.69 bits per heavy atom. The summed E-state index contributed by atoms with van der Waals surface area (Å²) >= 11 is 0. The fourth-order valence-corrected chi connectivity index (χ4v) is 1.29. The maximum atomic E-state index is 5.25. The lowest BCUT2D eigenvalue weighted by molar-refractivity contribution is 0.492. The van der Waals surface area contributed by atoms with Crippen LogP contribution in [0.5, 0.6) is 0 Å². The van der Waals surface area contributed by atoms with E-state index in [0.29, 0.717) is 0 Å².